The summed E-state index contributed by atoms with van der Waals surface area (Å²) < 4.78 is 0. The zero-order valence-electron chi connectivity index (χ0n) is 8.51. The lowest BCUT2D eigenvalue weighted by Crippen LogP contribution is -2.17. The van der Waals surface area contributed by atoms with Crippen LogP contribution in [0.25, 0.3) is 0 Å². The second-order valence-corrected chi connectivity index (χ2v) is 4.11. The van der Waals surface area contributed by atoms with Gasteiger partial charge >= 0.3 is 0 Å². The summed E-state index contributed by atoms with van der Waals surface area (Å²) >= 11 is 0. The van der Waals surface area contributed by atoms with Crippen LogP contribution in [-0.2, 0) is 13.0 Å². The molecular formula is C12H17N. The Morgan fingerprint density at radius 3 is 2.92 bits per heavy atom. The molecule has 0 spiro atoms. The highest BCUT2D eigenvalue weighted by molar-refractivity contribution is 5.32. The van der Waals surface area contributed by atoms with E-state index in [1.807, 2.05) is 0 Å². The largest absolute Gasteiger partial charge is 0.302 e. The van der Waals surface area contributed by atoms with Gasteiger partial charge in [-0.3, -0.25) is 0 Å². The van der Waals surface area contributed by atoms with Crippen LogP contribution in [0.4, 0.5) is 0 Å². The Morgan fingerprint density at radius 1 is 1.23 bits per heavy atom. The highest BCUT2D eigenvalue weighted by atomic mass is 15.1. The van der Waals surface area contributed by atoms with Gasteiger partial charge in [-0.2, -0.15) is 0 Å². The molecule has 1 heterocycles. The monoisotopic (exact) mass is 175 g/mol. The van der Waals surface area contributed by atoms with Crippen molar-refractivity contribution in [3.05, 3.63) is 34.9 Å². The topological polar surface area (TPSA) is 3.24 Å². The number of rotatable bonds is 0. The van der Waals surface area contributed by atoms with E-state index in [9.17, 15) is 0 Å². The minimum atomic E-state index is 1.12. The van der Waals surface area contributed by atoms with Crippen molar-refractivity contribution in [2.45, 2.75) is 26.3 Å². The van der Waals surface area contributed by atoms with Gasteiger partial charge in [-0.05, 0) is 44.5 Å². The minimum absolute atomic E-state index is 1.12. The lowest BCUT2D eigenvalue weighted by atomic mass is 10.0. The number of aryl methyl sites for hydroxylation is 2. The van der Waals surface area contributed by atoms with Gasteiger partial charge in [0.25, 0.3) is 0 Å². The minimum Gasteiger partial charge on any atom is -0.302 e. The summed E-state index contributed by atoms with van der Waals surface area (Å²) in [7, 11) is 2.21. The summed E-state index contributed by atoms with van der Waals surface area (Å²) in [6.07, 6.45) is 2.55. The summed E-state index contributed by atoms with van der Waals surface area (Å²) in [5, 5.41) is 0. The van der Waals surface area contributed by atoms with E-state index in [2.05, 4.69) is 37.1 Å². The fourth-order valence-corrected chi connectivity index (χ4v) is 2.06. The van der Waals surface area contributed by atoms with Gasteiger partial charge in [0, 0.05) is 6.54 Å². The summed E-state index contributed by atoms with van der Waals surface area (Å²) in [6, 6.07) is 6.85. The van der Waals surface area contributed by atoms with Gasteiger partial charge in [0.1, 0.15) is 0 Å². The molecule has 0 saturated heterocycles. The summed E-state index contributed by atoms with van der Waals surface area (Å²) in [5.41, 5.74) is 4.46. The predicted molar refractivity (Wildman–Crippen MR) is 55.8 cm³/mol. The molecule has 0 N–H and O–H groups in total. The normalized spacial score (nSPS) is 18.0. The van der Waals surface area contributed by atoms with Gasteiger partial charge in [-0.15, -0.1) is 0 Å². The molecule has 0 unspecified atom stereocenters. The maximum atomic E-state index is 2.41. The van der Waals surface area contributed by atoms with Gasteiger partial charge in [0.05, 0.1) is 0 Å². The number of hydrogen-bond acceptors (Lipinski definition) is 1. The lowest BCUT2D eigenvalue weighted by Gasteiger charge is -2.13. The molecule has 0 amide bonds. The first-order chi connectivity index (χ1) is 6.25. The van der Waals surface area contributed by atoms with Crippen molar-refractivity contribution < 1.29 is 0 Å². The van der Waals surface area contributed by atoms with Gasteiger partial charge in [-0.1, -0.05) is 23.8 Å². The van der Waals surface area contributed by atoms with Crippen LogP contribution in [0.2, 0.25) is 0 Å². The van der Waals surface area contributed by atoms with Gasteiger partial charge in [0.15, 0.2) is 0 Å². The molecule has 1 nitrogen and oxygen atoms in total. The van der Waals surface area contributed by atoms with Gasteiger partial charge in [0.2, 0.25) is 0 Å². The van der Waals surface area contributed by atoms with Crippen LogP contribution in [-0.4, -0.2) is 18.5 Å². The Labute approximate surface area is 80.4 Å². The molecule has 0 atom stereocenters. The smallest absolute Gasteiger partial charge is 0.0233 e. The molecule has 0 aromatic heterocycles. The average molecular weight is 175 g/mol. The number of nitrogens with zero attached hydrogens (tertiary/aromatic N) is 1. The Bertz CT molecular complexity index is 304. The maximum absolute atomic E-state index is 2.41. The number of hydrogen-bond donors (Lipinski definition) is 0. The average Bonchev–Trinajstić information content (AvgIpc) is 2.25. The first-order valence-electron chi connectivity index (χ1n) is 5.02. The Kier molecular flexibility index (Phi) is 2.36. The van der Waals surface area contributed by atoms with Crippen LogP contribution in [0.1, 0.15) is 23.1 Å². The van der Waals surface area contributed by atoms with Crippen LogP contribution in [0.3, 0.4) is 0 Å². The van der Waals surface area contributed by atoms with Crippen LogP contribution < -0.4 is 0 Å². The quantitative estimate of drug-likeness (QED) is 0.585. The molecule has 2 rings (SSSR count). The molecule has 0 aliphatic carbocycles. The molecule has 0 radical (unpaired) electrons. The molecule has 0 bridgehead atoms. The maximum Gasteiger partial charge on any atom is 0.0233 e. The second-order valence-electron chi connectivity index (χ2n) is 4.11. The molecule has 1 aliphatic heterocycles. The van der Waals surface area contributed by atoms with Crippen molar-refractivity contribution in [3.63, 3.8) is 0 Å². The molecular weight excluding hydrogens is 158 g/mol. The van der Waals surface area contributed by atoms with Crippen LogP contribution in [0, 0.1) is 6.92 Å². The summed E-state index contributed by atoms with van der Waals surface area (Å²) in [5.74, 6) is 0. The molecule has 1 aliphatic rings. The number of fused-ring (bicyclic) bond motifs is 1. The SMILES string of the molecule is Cc1ccc2c(c1)CN(C)CCC2. The van der Waals surface area contributed by atoms with Crippen LogP contribution >= 0.6 is 0 Å². The third-order valence-corrected chi connectivity index (χ3v) is 2.79. The van der Waals surface area contributed by atoms with Gasteiger partial charge in [-0.25, -0.2) is 0 Å². The van der Waals surface area contributed by atoms with Crippen molar-refractivity contribution in [1.82, 2.24) is 4.90 Å². The molecule has 13 heavy (non-hydrogen) atoms. The highest BCUT2D eigenvalue weighted by Gasteiger charge is 2.10. The van der Waals surface area contributed by atoms with Crippen molar-refractivity contribution >= 4 is 0 Å². The standard InChI is InChI=1S/C12H17N/c1-10-5-6-11-4-3-7-13(2)9-12(11)8-10/h5-6,8H,3-4,7,9H2,1-2H3. The van der Waals surface area contributed by atoms with E-state index in [1.54, 1.807) is 5.56 Å². The van der Waals surface area contributed by atoms with E-state index in [1.165, 1.54) is 30.5 Å². The van der Waals surface area contributed by atoms with Crippen molar-refractivity contribution in [1.29, 1.82) is 0 Å². The fraction of sp³-hybridized carbons (Fsp3) is 0.500. The van der Waals surface area contributed by atoms with E-state index in [0.717, 1.165) is 6.54 Å². The van der Waals surface area contributed by atoms with E-state index in [-0.39, 0.29) is 0 Å². The third kappa shape index (κ3) is 1.92. The van der Waals surface area contributed by atoms with E-state index < -0.39 is 0 Å². The van der Waals surface area contributed by atoms with Crippen LogP contribution in [0.5, 0.6) is 0 Å². The second kappa shape index (κ2) is 3.51. The zero-order valence-corrected chi connectivity index (χ0v) is 8.51. The molecule has 70 valence electrons. The summed E-state index contributed by atoms with van der Waals surface area (Å²) in [4.78, 5) is 2.41. The molecule has 0 saturated carbocycles. The molecule has 0 fully saturated rings. The van der Waals surface area contributed by atoms with Crippen LogP contribution in [0.15, 0.2) is 18.2 Å². The van der Waals surface area contributed by atoms with E-state index >= 15 is 0 Å². The Hall–Kier alpha value is -0.820. The first-order valence-corrected chi connectivity index (χ1v) is 5.02. The predicted octanol–water partition coefficient (Wildman–Crippen LogP) is 2.37. The van der Waals surface area contributed by atoms with Gasteiger partial charge < -0.3 is 4.90 Å². The molecule has 1 aromatic rings. The van der Waals surface area contributed by atoms with Crippen molar-refractivity contribution in [2.24, 2.45) is 0 Å². The zero-order chi connectivity index (χ0) is 9.26. The van der Waals surface area contributed by atoms with Crippen molar-refractivity contribution in [3.8, 4) is 0 Å². The molecule has 1 heteroatoms. The molecule has 1 aromatic carbocycles. The van der Waals surface area contributed by atoms with E-state index in [0.29, 0.717) is 0 Å². The Balaban J connectivity index is 2.35. The summed E-state index contributed by atoms with van der Waals surface area (Å²) in [6.45, 7) is 4.52. The number of benzene rings is 1. The third-order valence-electron chi connectivity index (χ3n) is 2.79. The lowest BCUT2D eigenvalue weighted by molar-refractivity contribution is 0.332. The first kappa shape index (κ1) is 8.76. The fourth-order valence-electron chi connectivity index (χ4n) is 2.06. The van der Waals surface area contributed by atoms with Crippen molar-refractivity contribution in [2.75, 3.05) is 13.6 Å². The van der Waals surface area contributed by atoms with E-state index in [4.69, 9.17) is 0 Å². The highest BCUT2D eigenvalue weighted by Crippen LogP contribution is 2.18. The Morgan fingerprint density at radius 2 is 2.08 bits per heavy atom.